The molecule has 0 N–H and O–H groups in total. The number of carbonyl (C=O) groups excluding carboxylic acids is 1. The van der Waals surface area contributed by atoms with Crippen LogP contribution in [0, 0.1) is 5.92 Å². The summed E-state index contributed by atoms with van der Waals surface area (Å²) in [5, 5.41) is 0. The van der Waals surface area contributed by atoms with Crippen molar-refractivity contribution in [3.8, 4) is 5.75 Å². The summed E-state index contributed by atoms with van der Waals surface area (Å²) in [5.41, 5.74) is 2.79. The van der Waals surface area contributed by atoms with Gasteiger partial charge < -0.3 is 9.64 Å². The van der Waals surface area contributed by atoms with Gasteiger partial charge in [-0.1, -0.05) is 48.5 Å². The molecule has 3 aliphatic rings. The minimum absolute atomic E-state index is 0.0118. The third-order valence-corrected chi connectivity index (χ3v) is 7.91. The molecule has 0 aromatic heterocycles. The molecule has 1 spiro atoms. The number of ether oxygens (including phenoxy) is 1. The monoisotopic (exact) mass is 379 g/mol. The van der Waals surface area contributed by atoms with Crippen molar-refractivity contribution in [2.45, 2.75) is 47.3 Å². The van der Waals surface area contributed by atoms with Crippen molar-refractivity contribution in [3.63, 3.8) is 0 Å². The summed E-state index contributed by atoms with van der Waals surface area (Å²) in [5.74, 6) is 1.64. The van der Waals surface area contributed by atoms with Gasteiger partial charge in [-0.25, -0.2) is 0 Å². The third kappa shape index (κ3) is 2.60. The van der Waals surface area contributed by atoms with Gasteiger partial charge >= 0.3 is 0 Å². The normalized spacial score (nSPS) is 20.6. The molecule has 1 saturated heterocycles. The van der Waals surface area contributed by atoms with E-state index in [-0.39, 0.29) is 5.41 Å². The van der Waals surface area contributed by atoms with Crippen molar-refractivity contribution in [1.82, 2.24) is 4.90 Å². The SMILES string of the molecule is COc1cccc2c1Sc1ccccc1C21CCN(C(=O)C2CCC2)CC1. The highest BCUT2D eigenvalue weighted by Gasteiger charge is 2.45. The number of carbonyl (C=O) groups is 1. The van der Waals surface area contributed by atoms with Crippen LogP contribution < -0.4 is 4.74 Å². The summed E-state index contributed by atoms with van der Waals surface area (Å²) in [6, 6.07) is 15.2. The standard InChI is InChI=1S/C23H25NO2S/c1-26-19-10-5-9-18-21(19)27-20-11-3-2-8-17(20)23(18)12-14-24(15-13-23)22(25)16-6-4-7-16/h2-3,5,8-11,16H,4,6-7,12-15H2,1H3. The zero-order chi connectivity index (χ0) is 18.4. The fraction of sp³-hybridized carbons (Fsp3) is 0.435. The van der Waals surface area contributed by atoms with E-state index in [4.69, 9.17) is 4.74 Å². The topological polar surface area (TPSA) is 29.5 Å². The van der Waals surface area contributed by atoms with E-state index < -0.39 is 0 Å². The van der Waals surface area contributed by atoms with Crippen LogP contribution in [0.2, 0.25) is 0 Å². The van der Waals surface area contributed by atoms with Gasteiger partial charge in [0.15, 0.2) is 0 Å². The van der Waals surface area contributed by atoms with Crippen LogP contribution in [0.5, 0.6) is 5.75 Å². The van der Waals surface area contributed by atoms with Crippen LogP contribution in [0.15, 0.2) is 52.3 Å². The summed E-state index contributed by atoms with van der Waals surface area (Å²) in [6.07, 6.45) is 5.36. The summed E-state index contributed by atoms with van der Waals surface area (Å²) < 4.78 is 5.69. The Kier molecular flexibility index (Phi) is 4.19. The number of methoxy groups -OCH3 is 1. The molecular formula is C23H25NO2S. The molecule has 1 aliphatic carbocycles. The summed E-state index contributed by atoms with van der Waals surface area (Å²) in [4.78, 5) is 17.4. The maximum absolute atomic E-state index is 12.7. The number of rotatable bonds is 2. The molecule has 2 aromatic rings. The van der Waals surface area contributed by atoms with E-state index in [1.54, 1.807) is 7.11 Å². The fourth-order valence-electron chi connectivity index (χ4n) is 4.93. The number of hydrogen-bond acceptors (Lipinski definition) is 3. The van der Waals surface area contributed by atoms with Crippen molar-refractivity contribution in [2.24, 2.45) is 5.92 Å². The van der Waals surface area contributed by atoms with Crippen LogP contribution in [-0.4, -0.2) is 31.0 Å². The molecule has 0 unspecified atom stereocenters. The average molecular weight is 380 g/mol. The Balaban J connectivity index is 1.53. The summed E-state index contributed by atoms with van der Waals surface area (Å²) in [6.45, 7) is 1.70. The Morgan fingerprint density at radius 3 is 2.52 bits per heavy atom. The van der Waals surface area contributed by atoms with Crippen LogP contribution in [0.1, 0.15) is 43.2 Å². The number of nitrogens with zero attached hydrogens (tertiary/aromatic N) is 1. The number of amides is 1. The first-order valence-electron chi connectivity index (χ1n) is 9.96. The van der Waals surface area contributed by atoms with Gasteiger partial charge in [-0.2, -0.15) is 0 Å². The second-order valence-electron chi connectivity index (χ2n) is 7.97. The minimum atomic E-state index is -0.0118. The van der Waals surface area contributed by atoms with Crippen LogP contribution in [-0.2, 0) is 10.2 Å². The van der Waals surface area contributed by atoms with Gasteiger partial charge in [-0.15, -0.1) is 0 Å². The van der Waals surface area contributed by atoms with Gasteiger partial charge in [0.05, 0.1) is 12.0 Å². The second kappa shape index (κ2) is 6.59. The summed E-state index contributed by atoms with van der Waals surface area (Å²) in [7, 11) is 1.75. The van der Waals surface area contributed by atoms with E-state index in [2.05, 4.69) is 47.4 Å². The lowest BCUT2D eigenvalue weighted by Gasteiger charge is -2.47. The molecule has 140 valence electrons. The first kappa shape index (κ1) is 17.2. The van der Waals surface area contributed by atoms with Crippen molar-refractivity contribution < 1.29 is 9.53 Å². The zero-order valence-electron chi connectivity index (χ0n) is 15.7. The lowest BCUT2D eigenvalue weighted by Crippen LogP contribution is -2.49. The molecule has 4 heteroatoms. The molecule has 2 aliphatic heterocycles. The summed E-state index contributed by atoms with van der Waals surface area (Å²) >= 11 is 1.82. The minimum Gasteiger partial charge on any atom is -0.496 e. The van der Waals surface area contributed by atoms with Crippen molar-refractivity contribution in [2.75, 3.05) is 20.2 Å². The fourth-order valence-corrected chi connectivity index (χ4v) is 6.29. The van der Waals surface area contributed by atoms with Crippen molar-refractivity contribution >= 4 is 17.7 Å². The Labute approximate surface area is 165 Å². The number of piperidine rings is 1. The first-order chi connectivity index (χ1) is 13.2. The highest BCUT2D eigenvalue weighted by Crippen LogP contribution is 2.56. The van der Waals surface area contributed by atoms with Crippen LogP contribution in [0.25, 0.3) is 0 Å². The molecule has 0 atom stereocenters. The van der Waals surface area contributed by atoms with E-state index in [1.165, 1.54) is 27.3 Å². The molecule has 1 saturated carbocycles. The van der Waals surface area contributed by atoms with Gasteiger partial charge in [0.2, 0.25) is 5.91 Å². The van der Waals surface area contributed by atoms with Gasteiger partial charge in [0, 0.05) is 29.3 Å². The number of likely N-dealkylation sites (tertiary alicyclic amines) is 1. The molecule has 5 rings (SSSR count). The molecule has 1 amide bonds. The predicted molar refractivity (Wildman–Crippen MR) is 107 cm³/mol. The molecule has 3 nitrogen and oxygen atoms in total. The van der Waals surface area contributed by atoms with E-state index in [1.807, 2.05) is 11.8 Å². The first-order valence-corrected chi connectivity index (χ1v) is 10.8. The van der Waals surface area contributed by atoms with Gasteiger partial charge in [-0.3, -0.25) is 4.79 Å². The van der Waals surface area contributed by atoms with Gasteiger partial charge in [-0.05, 0) is 48.9 Å². The molecule has 2 heterocycles. The average Bonchev–Trinajstić information content (AvgIpc) is 2.67. The Hall–Kier alpha value is -1.94. The Morgan fingerprint density at radius 2 is 1.81 bits per heavy atom. The Bertz CT molecular complexity index is 882. The van der Waals surface area contributed by atoms with E-state index >= 15 is 0 Å². The van der Waals surface area contributed by atoms with Crippen molar-refractivity contribution in [1.29, 1.82) is 0 Å². The molecule has 27 heavy (non-hydrogen) atoms. The van der Waals surface area contributed by atoms with Gasteiger partial charge in [0.1, 0.15) is 5.75 Å². The Morgan fingerprint density at radius 1 is 1.07 bits per heavy atom. The highest BCUT2D eigenvalue weighted by atomic mass is 32.2. The third-order valence-electron chi connectivity index (χ3n) is 6.71. The van der Waals surface area contributed by atoms with Crippen LogP contribution >= 0.6 is 11.8 Å². The molecular weight excluding hydrogens is 354 g/mol. The lowest BCUT2D eigenvalue weighted by atomic mass is 9.67. The molecule has 0 bridgehead atoms. The maximum Gasteiger partial charge on any atom is 0.225 e. The van der Waals surface area contributed by atoms with E-state index in [0.717, 1.165) is 44.5 Å². The smallest absolute Gasteiger partial charge is 0.225 e. The van der Waals surface area contributed by atoms with Gasteiger partial charge in [0.25, 0.3) is 0 Å². The van der Waals surface area contributed by atoms with E-state index in [0.29, 0.717) is 11.8 Å². The van der Waals surface area contributed by atoms with Crippen LogP contribution in [0.3, 0.4) is 0 Å². The van der Waals surface area contributed by atoms with Crippen LogP contribution in [0.4, 0.5) is 0 Å². The molecule has 2 fully saturated rings. The predicted octanol–water partition coefficient (Wildman–Crippen LogP) is 4.87. The largest absolute Gasteiger partial charge is 0.496 e. The number of hydrogen-bond donors (Lipinski definition) is 0. The molecule has 2 aromatic carbocycles. The van der Waals surface area contributed by atoms with Crippen molar-refractivity contribution in [3.05, 3.63) is 53.6 Å². The quantitative estimate of drug-likeness (QED) is 0.746. The lowest BCUT2D eigenvalue weighted by molar-refractivity contribution is -0.139. The zero-order valence-corrected chi connectivity index (χ0v) is 16.6. The second-order valence-corrected chi connectivity index (χ2v) is 9.02. The molecule has 0 radical (unpaired) electrons. The number of benzene rings is 2. The van der Waals surface area contributed by atoms with E-state index in [9.17, 15) is 4.79 Å². The highest BCUT2D eigenvalue weighted by molar-refractivity contribution is 7.99. The maximum atomic E-state index is 12.7. The number of fused-ring (bicyclic) bond motifs is 4.